The van der Waals surface area contributed by atoms with E-state index in [-0.39, 0.29) is 11.5 Å². The molecule has 0 amide bonds. The van der Waals surface area contributed by atoms with Crippen LogP contribution in [0.25, 0.3) is 11.1 Å². The normalized spacial score (nSPS) is 10.5. The minimum absolute atomic E-state index is 0.257. The third-order valence-corrected chi connectivity index (χ3v) is 3.98. The van der Waals surface area contributed by atoms with E-state index in [1.165, 1.54) is 5.56 Å². The smallest absolute Gasteiger partial charge is 0.123 e. The molecule has 0 saturated heterocycles. The van der Waals surface area contributed by atoms with Gasteiger partial charge in [0.15, 0.2) is 0 Å². The zero-order chi connectivity index (χ0) is 16.8. The van der Waals surface area contributed by atoms with Crippen molar-refractivity contribution in [2.75, 3.05) is 0 Å². The van der Waals surface area contributed by atoms with Crippen molar-refractivity contribution in [2.45, 2.75) is 32.6 Å². The lowest BCUT2D eigenvalue weighted by atomic mass is 9.89. The Kier molecular flexibility index (Phi) is 5.64. The Balaban J connectivity index is 2.65. The summed E-state index contributed by atoms with van der Waals surface area (Å²) in [6.07, 6.45) is 6.91. The zero-order valence-corrected chi connectivity index (χ0v) is 13.7. The second kappa shape index (κ2) is 7.68. The highest BCUT2D eigenvalue weighted by atomic mass is 16.3. The fourth-order valence-corrected chi connectivity index (χ4v) is 2.94. The Bertz CT molecular complexity index is 714. The van der Waals surface area contributed by atoms with Crippen molar-refractivity contribution >= 4 is 0 Å². The summed E-state index contributed by atoms with van der Waals surface area (Å²) in [7, 11) is 0. The number of phenols is 2. The van der Waals surface area contributed by atoms with Crippen LogP contribution < -0.4 is 0 Å². The van der Waals surface area contributed by atoms with Gasteiger partial charge in [0.2, 0.25) is 0 Å². The van der Waals surface area contributed by atoms with Gasteiger partial charge in [0, 0.05) is 5.56 Å². The van der Waals surface area contributed by atoms with E-state index < -0.39 is 0 Å². The van der Waals surface area contributed by atoms with E-state index in [1.807, 2.05) is 24.3 Å². The van der Waals surface area contributed by atoms with Gasteiger partial charge < -0.3 is 10.2 Å². The molecule has 0 aliphatic carbocycles. The van der Waals surface area contributed by atoms with Crippen molar-refractivity contribution in [2.24, 2.45) is 0 Å². The summed E-state index contributed by atoms with van der Waals surface area (Å²) >= 11 is 0. The standard InChI is InChI=1S/C21H24O2/c1-4-7-15-10-13-20(23)21(18(15)9-6-3)17-11-12-19(22)16(14-17)8-5-2/h4-5,10-14,22-23H,1-2,6-9H2,3H3. The van der Waals surface area contributed by atoms with Crippen LogP contribution in [0.2, 0.25) is 0 Å². The number of hydrogen-bond acceptors (Lipinski definition) is 2. The second-order valence-corrected chi connectivity index (χ2v) is 5.68. The highest BCUT2D eigenvalue weighted by molar-refractivity contribution is 5.76. The Morgan fingerprint density at radius 1 is 0.913 bits per heavy atom. The van der Waals surface area contributed by atoms with Crippen LogP contribution in [0.1, 0.15) is 30.0 Å². The van der Waals surface area contributed by atoms with Gasteiger partial charge in [-0.2, -0.15) is 0 Å². The molecule has 2 aromatic carbocycles. The SMILES string of the molecule is C=CCc1cc(-c2c(O)ccc(CC=C)c2CCC)ccc1O. The maximum Gasteiger partial charge on any atom is 0.123 e. The summed E-state index contributed by atoms with van der Waals surface area (Å²) < 4.78 is 0. The van der Waals surface area contributed by atoms with Crippen molar-refractivity contribution in [3.8, 4) is 22.6 Å². The monoisotopic (exact) mass is 308 g/mol. The van der Waals surface area contributed by atoms with E-state index >= 15 is 0 Å². The molecular weight excluding hydrogens is 284 g/mol. The first-order chi connectivity index (χ1) is 11.1. The van der Waals surface area contributed by atoms with Crippen LogP contribution in [0.15, 0.2) is 55.6 Å². The number of allylic oxidation sites excluding steroid dienone is 2. The predicted octanol–water partition coefficient (Wildman–Crippen LogP) is 5.17. The van der Waals surface area contributed by atoms with E-state index in [2.05, 4.69) is 20.1 Å². The van der Waals surface area contributed by atoms with Crippen molar-refractivity contribution in [3.63, 3.8) is 0 Å². The molecule has 0 spiro atoms. The lowest BCUT2D eigenvalue weighted by Crippen LogP contribution is -1.98. The molecule has 0 radical (unpaired) electrons. The van der Waals surface area contributed by atoms with Gasteiger partial charge in [-0.1, -0.05) is 37.6 Å². The molecule has 0 fully saturated rings. The molecule has 0 heterocycles. The molecular formula is C21H24O2. The predicted molar refractivity (Wildman–Crippen MR) is 97.0 cm³/mol. The van der Waals surface area contributed by atoms with Gasteiger partial charge >= 0.3 is 0 Å². The van der Waals surface area contributed by atoms with Crippen molar-refractivity contribution in [1.29, 1.82) is 0 Å². The maximum absolute atomic E-state index is 10.4. The molecule has 2 nitrogen and oxygen atoms in total. The number of hydrogen-bond donors (Lipinski definition) is 2. The average Bonchev–Trinajstić information content (AvgIpc) is 2.53. The Hall–Kier alpha value is -2.48. The highest BCUT2D eigenvalue weighted by Gasteiger charge is 2.15. The van der Waals surface area contributed by atoms with Gasteiger partial charge in [-0.25, -0.2) is 0 Å². The fraction of sp³-hybridized carbons (Fsp3) is 0.238. The summed E-state index contributed by atoms with van der Waals surface area (Å²) in [5, 5.41) is 20.4. The van der Waals surface area contributed by atoms with E-state index in [0.717, 1.165) is 41.5 Å². The average molecular weight is 308 g/mol. The first-order valence-corrected chi connectivity index (χ1v) is 8.00. The fourth-order valence-electron chi connectivity index (χ4n) is 2.94. The van der Waals surface area contributed by atoms with Gasteiger partial charge in [0.1, 0.15) is 11.5 Å². The third-order valence-electron chi connectivity index (χ3n) is 3.98. The van der Waals surface area contributed by atoms with Crippen molar-refractivity contribution < 1.29 is 10.2 Å². The maximum atomic E-state index is 10.4. The quantitative estimate of drug-likeness (QED) is 0.692. The third kappa shape index (κ3) is 3.65. The summed E-state index contributed by atoms with van der Waals surface area (Å²) in [6.45, 7) is 9.69. The van der Waals surface area contributed by atoms with Gasteiger partial charge in [-0.3, -0.25) is 0 Å². The van der Waals surface area contributed by atoms with E-state index in [0.29, 0.717) is 6.42 Å². The Morgan fingerprint density at radius 3 is 2.22 bits per heavy atom. The summed E-state index contributed by atoms with van der Waals surface area (Å²) in [4.78, 5) is 0. The lowest BCUT2D eigenvalue weighted by molar-refractivity contribution is 0.469. The van der Waals surface area contributed by atoms with E-state index in [4.69, 9.17) is 0 Å². The van der Waals surface area contributed by atoms with Crippen LogP contribution in [0.3, 0.4) is 0 Å². The Labute approximate surface area is 138 Å². The molecule has 0 aliphatic rings. The van der Waals surface area contributed by atoms with Crippen LogP contribution in [0.4, 0.5) is 0 Å². The molecule has 23 heavy (non-hydrogen) atoms. The van der Waals surface area contributed by atoms with Gasteiger partial charge in [0.25, 0.3) is 0 Å². The lowest BCUT2D eigenvalue weighted by Gasteiger charge is -2.17. The first-order valence-electron chi connectivity index (χ1n) is 8.00. The molecule has 120 valence electrons. The number of phenolic OH excluding ortho intramolecular Hbond substituents is 2. The van der Waals surface area contributed by atoms with Crippen molar-refractivity contribution in [1.82, 2.24) is 0 Å². The molecule has 0 aliphatic heterocycles. The minimum Gasteiger partial charge on any atom is -0.508 e. The van der Waals surface area contributed by atoms with Gasteiger partial charge in [0.05, 0.1) is 0 Å². The molecule has 0 aromatic heterocycles. The van der Waals surface area contributed by atoms with E-state index in [9.17, 15) is 10.2 Å². The number of benzene rings is 2. The minimum atomic E-state index is 0.257. The van der Waals surface area contributed by atoms with Crippen LogP contribution in [-0.2, 0) is 19.3 Å². The van der Waals surface area contributed by atoms with Crippen LogP contribution >= 0.6 is 0 Å². The second-order valence-electron chi connectivity index (χ2n) is 5.68. The Morgan fingerprint density at radius 2 is 1.57 bits per heavy atom. The van der Waals surface area contributed by atoms with Crippen LogP contribution in [0, 0.1) is 0 Å². The van der Waals surface area contributed by atoms with Gasteiger partial charge in [-0.05, 0) is 59.7 Å². The molecule has 0 saturated carbocycles. The summed E-state index contributed by atoms with van der Waals surface area (Å²) in [5.41, 5.74) is 4.94. The summed E-state index contributed by atoms with van der Waals surface area (Å²) in [6, 6.07) is 9.18. The van der Waals surface area contributed by atoms with Crippen LogP contribution in [-0.4, -0.2) is 10.2 Å². The molecule has 2 heteroatoms. The molecule has 2 rings (SSSR count). The number of aromatic hydroxyl groups is 2. The van der Waals surface area contributed by atoms with Crippen molar-refractivity contribution in [3.05, 3.63) is 72.3 Å². The highest BCUT2D eigenvalue weighted by Crippen LogP contribution is 2.37. The molecule has 0 bridgehead atoms. The largest absolute Gasteiger partial charge is 0.508 e. The molecule has 2 N–H and O–H groups in total. The van der Waals surface area contributed by atoms with Gasteiger partial charge in [-0.15, -0.1) is 13.2 Å². The molecule has 0 unspecified atom stereocenters. The number of rotatable bonds is 7. The first kappa shape index (κ1) is 16.9. The molecule has 2 aromatic rings. The van der Waals surface area contributed by atoms with E-state index in [1.54, 1.807) is 18.2 Å². The summed E-state index contributed by atoms with van der Waals surface area (Å²) in [5.74, 6) is 0.531. The zero-order valence-electron chi connectivity index (χ0n) is 13.7. The van der Waals surface area contributed by atoms with Crippen LogP contribution in [0.5, 0.6) is 11.5 Å². The topological polar surface area (TPSA) is 40.5 Å². The molecule has 0 atom stereocenters.